The van der Waals surface area contributed by atoms with E-state index in [0.29, 0.717) is 12.5 Å². The highest BCUT2D eigenvalue weighted by molar-refractivity contribution is 5.75. The summed E-state index contributed by atoms with van der Waals surface area (Å²) in [6.07, 6.45) is 3.72. The highest BCUT2D eigenvalue weighted by Gasteiger charge is 2.49. The summed E-state index contributed by atoms with van der Waals surface area (Å²) in [5.74, 6) is -0.353. The molecule has 0 bridgehead atoms. The van der Waals surface area contributed by atoms with E-state index in [2.05, 4.69) is 0 Å². The van der Waals surface area contributed by atoms with Crippen LogP contribution in [0.5, 0.6) is 0 Å². The topological polar surface area (TPSA) is 63.3 Å². The zero-order valence-corrected chi connectivity index (χ0v) is 7.55. The summed E-state index contributed by atoms with van der Waals surface area (Å²) in [5, 5.41) is 9.09. The zero-order valence-electron chi connectivity index (χ0n) is 7.55. The molecule has 3 heteroatoms. The van der Waals surface area contributed by atoms with E-state index in [0.717, 1.165) is 25.7 Å². The Hall–Kier alpha value is -0.570. The Morgan fingerprint density at radius 1 is 1.67 bits per heavy atom. The first kappa shape index (κ1) is 9.52. The fourth-order valence-corrected chi connectivity index (χ4v) is 1.92. The Labute approximate surface area is 72.9 Å². The van der Waals surface area contributed by atoms with Gasteiger partial charge in [-0.1, -0.05) is 13.3 Å². The number of carboxylic acids is 1. The first-order chi connectivity index (χ1) is 5.67. The van der Waals surface area contributed by atoms with E-state index in [1.807, 2.05) is 6.92 Å². The Bertz CT molecular complexity index is 177. The van der Waals surface area contributed by atoms with Crippen molar-refractivity contribution in [3.05, 3.63) is 0 Å². The van der Waals surface area contributed by atoms with Crippen molar-refractivity contribution in [2.75, 3.05) is 6.54 Å². The highest BCUT2D eigenvalue weighted by Crippen LogP contribution is 2.47. The van der Waals surface area contributed by atoms with E-state index >= 15 is 0 Å². The van der Waals surface area contributed by atoms with Gasteiger partial charge in [-0.25, -0.2) is 0 Å². The van der Waals surface area contributed by atoms with Crippen molar-refractivity contribution in [1.29, 1.82) is 0 Å². The lowest BCUT2D eigenvalue weighted by Crippen LogP contribution is -2.40. The molecule has 3 nitrogen and oxygen atoms in total. The Morgan fingerprint density at radius 2 is 2.25 bits per heavy atom. The van der Waals surface area contributed by atoms with E-state index in [9.17, 15) is 4.79 Å². The van der Waals surface area contributed by atoms with Crippen LogP contribution in [0, 0.1) is 11.3 Å². The standard InChI is InChI=1S/C9H17NO2/c1-2-5-9(6-10,8(11)12)7-3-4-7/h7H,2-6,10H2,1H3,(H,11,12). The monoisotopic (exact) mass is 171 g/mol. The largest absolute Gasteiger partial charge is 0.481 e. The van der Waals surface area contributed by atoms with E-state index in [1.54, 1.807) is 0 Å². The Morgan fingerprint density at radius 3 is 2.50 bits per heavy atom. The lowest BCUT2D eigenvalue weighted by atomic mass is 9.78. The highest BCUT2D eigenvalue weighted by atomic mass is 16.4. The summed E-state index contributed by atoms with van der Waals surface area (Å²) in [7, 11) is 0. The molecule has 1 atom stereocenters. The molecule has 12 heavy (non-hydrogen) atoms. The fraction of sp³-hybridized carbons (Fsp3) is 0.889. The number of rotatable bonds is 5. The van der Waals surface area contributed by atoms with Crippen molar-refractivity contribution in [2.45, 2.75) is 32.6 Å². The lowest BCUT2D eigenvalue weighted by Gasteiger charge is -2.27. The summed E-state index contributed by atoms with van der Waals surface area (Å²) >= 11 is 0. The molecule has 0 radical (unpaired) electrons. The van der Waals surface area contributed by atoms with Crippen molar-refractivity contribution >= 4 is 5.97 Å². The van der Waals surface area contributed by atoms with Gasteiger partial charge in [-0.05, 0) is 25.2 Å². The van der Waals surface area contributed by atoms with Crippen LogP contribution in [0.2, 0.25) is 0 Å². The summed E-state index contributed by atoms with van der Waals surface area (Å²) in [5.41, 5.74) is 4.95. The summed E-state index contributed by atoms with van der Waals surface area (Å²) < 4.78 is 0. The molecule has 1 fully saturated rings. The number of hydrogen-bond donors (Lipinski definition) is 2. The van der Waals surface area contributed by atoms with Crippen LogP contribution in [0.3, 0.4) is 0 Å². The molecule has 0 aromatic heterocycles. The van der Waals surface area contributed by atoms with Gasteiger partial charge in [0.2, 0.25) is 0 Å². The maximum Gasteiger partial charge on any atom is 0.311 e. The number of hydrogen-bond acceptors (Lipinski definition) is 2. The third kappa shape index (κ3) is 1.46. The van der Waals surface area contributed by atoms with Crippen molar-refractivity contribution in [3.8, 4) is 0 Å². The van der Waals surface area contributed by atoms with Crippen LogP contribution in [-0.4, -0.2) is 17.6 Å². The fourth-order valence-electron chi connectivity index (χ4n) is 1.92. The molecule has 1 aliphatic carbocycles. The van der Waals surface area contributed by atoms with Gasteiger partial charge < -0.3 is 10.8 Å². The van der Waals surface area contributed by atoms with Crippen LogP contribution in [-0.2, 0) is 4.79 Å². The molecule has 0 aliphatic heterocycles. The average Bonchev–Trinajstić information content (AvgIpc) is 2.82. The minimum Gasteiger partial charge on any atom is -0.481 e. The Balaban J connectivity index is 2.71. The second kappa shape index (κ2) is 3.44. The summed E-state index contributed by atoms with van der Waals surface area (Å²) in [4.78, 5) is 11.0. The van der Waals surface area contributed by atoms with Gasteiger partial charge in [-0.2, -0.15) is 0 Å². The molecule has 1 aliphatic rings. The van der Waals surface area contributed by atoms with E-state index in [1.165, 1.54) is 0 Å². The lowest BCUT2D eigenvalue weighted by molar-refractivity contribution is -0.150. The minimum absolute atomic E-state index is 0.292. The molecule has 1 rings (SSSR count). The summed E-state index contributed by atoms with van der Waals surface area (Å²) in [6.45, 7) is 2.30. The maximum atomic E-state index is 11.0. The molecule has 1 unspecified atom stereocenters. The number of nitrogens with two attached hydrogens (primary N) is 1. The molecular formula is C9H17NO2. The van der Waals surface area contributed by atoms with Crippen LogP contribution < -0.4 is 5.73 Å². The number of carboxylic acid groups (broad SMARTS) is 1. The van der Waals surface area contributed by atoms with Gasteiger partial charge in [0.25, 0.3) is 0 Å². The van der Waals surface area contributed by atoms with Crippen LogP contribution in [0.25, 0.3) is 0 Å². The molecule has 0 spiro atoms. The third-order valence-corrected chi connectivity index (χ3v) is 2.85. The molecule has 0 heterocycles. The van der Waals surface area contributed by atoms with Gasteiger partial charge in [0, 0.05) is 6.54 Å². The molecule has 70 valence electrons. The van der Waals surface area contributed by atoms with Crippen molar-refractivity contribution < 1.29 is 9.90 Å². The number of carbonyl (C=O) groups is 1. The van der Waals surface area contributed by atoms with Gasteiger partial charge in [-0.15, -0.1) is 0 Å². The maximum absolute atomic E-state index is 11.0. The van der Waals surface area contributed by atoms with Gasteiger partial charge in [0.1, 0.15) is 0 Å². The predicted octanol–water partition coefficient (Wildman–Crippen LogP) is 1.23. The van der Waals surface area contributed by atoms with Crippen LogP contribution >= 0.6 is 0 Å². The normalized spacial score (nSPS) is 21.8. The van der Waals surface area contributed by atoms with Crippen LogP contribution in [0.1, 0.15) is 32.6 Å². The zero-order chi connectivity index (χ0) is 9.19. The summed E-state index contributed by atoms with van der Waals surface area (Å²) in [6, 6.07) is 0. The molecule has 1 saturated carbocycles. The smallest absolute Gasteiger partial charge is 0.311 e. The Kier molecular flexibility index (Phi) is 2.73. The van der Waals surface area contributed by atoms with E-state index in [-0.39, 0.29) is 0 Å². The molecule has 0 saturated heterocycles. The predicted molar refractivity (Wildman–Crippen MR) is 46.8 cm³/mol. The molecule has 3 N–H and O–H groups in total. The van der Waals surface area contributed by atoms with Gasteiger partial charge in [0.05, 0.1) is 5.41 Å². The average molecular weight is 171 g/mol. The van der Waals surface area contributed by atoms with Crippen molar-refractivity contribution in [2.24, 2.45) is 17.1 Å². The van der Waals surface area contributed by atoms with Gasteiger partial charge in [-0.3, -0.25) is 4.79 Å². The third-order valence-electron chi connectivity index (χ3n) is 2.85. The molecule has 0 amide bonds. The second-order valence-corrected chi connectivity index (χ2v) is 3.69. The van der Waals surface area contributed by atoms with Crippen molar-refractivity contribution in [3.63, 3.8) is 0 Å². The minimum atomic E-state index is -0.700. The molecule has 0 aromatic carbocycles. The van der Waals surface area contributed by atoms with Crippen LogP contribution in [0.15, 0.2) is 0 Å². The molecule has 0 aromatic rings. The number of aliphatic carboxylic acids is 1. The SMILES string of the molecule is CCCC(CN)(C(=O)O)C1CC1. The molecular weight excluding hydrogens is 154 g/mol. The van der Waals surface area contributed by atoms with Gasteiger partial charge in [0.15, 0.2) is 0 Å². The van der Waals surface area contributed by atoms with Gasteiger partial charge >= 0.3 is 5.97 Å². The van der Waals surface area contributed by atoms with E-state index < -0.39 is 11.4 Å². The first-order valence-electron chi connectivity index (χ1n) is 4.61. The van der Waals surface area contributed by atoms with E-state index in [4.69, 9.17) is 10.8 Å². The second-order valence-electron chi connectivity index (χ2n) is 3.69. The van der Waals surface area contributed by atoms with Crippen molar-refractivity contribution in [1.82, 2.24) is 0 Å². The quantitative estimate of drug-likeness (QED) is 0.653. The first-order valence-corrected chi connectivity index (χ1v) is 4.61. The van der Waals surface area contributed by atoms with Crippen LogP contribution in [0.4, 0.5) is 0 Å².